The summed E-state index contributed by atoms with van der Waals surface area (Å²) in [4.78, 5) is 55.6. The van der Waals surface area contributed by atoms with Crippen molar-refractivity contribution in [3.8, 4) is 0 Å². The molecule has 10 nitrogen and oxygen atoms in total. The lowest BCUT2D eigenvalue weighted by molar-refractivity contribution is -0.375. The van der Waals surface area contributed by atoms with E-state index >= 15 is 0 Å². The number of aliphatic hydroxyl groups is 1. The van der Waals surface area contributed by atoms with Crippen molar-refractivity contribution in [2.45, 2.75) is 93.3 Å². The lowest BCUT2D eigenvalue weighted by atomic mass is 9.46. The van der Waals surface area contributed by atoms with Crippen molar-refractivity contribution < 1.29 is 48.0 Å². The summed E-state index contributed by atoms with van der Waals surface area (Å²) in [5.74, 6) is -6.56. The summed E-state index contributed by atoms with van der Waals surface area (Å²) in [6, 6.07) is 0. The number of fused-ring (bicyclic) bond motifs is 4. The van der Waals surface area contributed by atoms with E-state index < -0.39 is 80.7 Å². The molecule has 0 radical (unpaired) electrons. The molecule has 5 bridgehead atoms. The summed E-state index contributed by atoms with van der Waals surface area (Å²) in [5.41, 5.74) is -8.23. The van der Waals surface area contributed by atoms with Crippen LogP contribution in [0.15, 0.2) is 12.2 Å². The van der Waals surface area contributed by atoms with Crippen LogP contribution in [0.1, 0.15) is 52.9 Å². The Morgan fingerprint density at radius 2 is 1.84 bits per heavy atom. The number of epoxide rings is 1. The molecule has 13 atom stereocenters. The maximum absolute atomic E-state index is 14.9. The first kappa shape index (κ1) is 22.7. The highest BCUT2D eigenvalue weighted by Crippen LogP contribution is 2.77. The van der Waals surface area contributed by atoms with Crippen LogP contribution in [-0.4, -0.2) is 75.6 Å². The number of hydrogen-bond acceptors (Lipinski definition) is 10. The zero-order valence-electron chi connectivity index (χ0n) is 21.5. The van der Waals surface area contributed by atoms with Gasteiger partial charge in [-0.2, -0.15) is 0 Å². The minimum Gasteiger partial charge on any atom is -0.458 e. The quantitative estimate of drug-likeness (QED) is 0.356. The van der Waals surface area contributed by atoms with Gasteiger partial charge in [-0.05, 0) is 63.4 Å². The number of carbonyl (C=O) groups excluding carboxylic acids is 4. The SMILES string of the molecule is C[C@@]12C[C@H]3OC(=O)[C@H]1CO[C@@]14O[C@]5([C@H]2C1=O)[C@@](O)(CC[C@H]1[C@H]4C[C@@H]2O[C@@]24CC=CC(=O)[C@]14C)C(=O)O[C@@]35C. The minimum absolute atomic E-state index is 0.0583. The van der Waals surface area contributed by atoms with Crippen LogP contribution in [0.2, 0.25) is 0 Å². The number of rotatable bonds is 0. The Bertz CT molecular complexity index is 1340. The molecule has 1 N–H and O–H groups in total. The van der Waals surface area contributed by atoms with Crippen molar-refractivity contribution in [1.82, 2.24) is 0 Å². The Hall–Kier alpha value is -2.14. The molecule has 38 heavy (non-hydrogen) atoms. The Labute approximate surface area is 218 Å². The smallest absolute Gasteiger partial charge is 0.342 e. The number of ketones is 2. The van der Waals surface area contributed by atoms with E-state index in [-0.39, 0.29) is 43.5 Å². The number of esters is 2. The second kappa shape index (κ2) is 5.82. The monoisotopic (exact) mass is 526 g/mol. The molecule has 2 saturated carbocycles. The van der Waals surface area contributed by atoms with Gasteiger partial charge in [0.2, 0.25) is 5.79 Å². The second-order valence-corrected chi connectivity index (χ2v) is 13.8. The van der Waals surface area contributed by atoms with Gasteiger partial charge < -0.3 is 28.8 Å². The van der Waals surface area contributed by atoms with E-state index in [0.717, 1.165) is 0 Å². The van der Waals surface area contributed by atoms with E-state index in [4.69, 9.17) is 23.7 Å². The predicted octanol–water partition coefficient (Wildman–Crippen LogP) is 0.768. The lowest BCUT2D eigenvalue weighted by Gasteiger charge is -2.63. The molecular weight excluding hydrogens is 496 g/mol. The zero-order chi connectivity index (χ0) is 26.5. The van der Waals surface area contributed by atoms with Gasteiger partial charge in [-0.3, -0.25) is 14.4 Å². The van der Waals surface area contributed by atoms with Crippen LogP contribution < -0.4 is 0 Å². The summed E-state index contributed by atoms with van der Waals surface area (Å²) in [7, 11) is 0. The average Bonchev–Trinajstić information content (AvgIpc) is 3.45. The molecule has 3 spiro atoms. The Balaban J connectivity index is 1.34. The molecule has 0 amide bonds. The number of allylic oxidation sites excluding steroid dienone is 1. The average molecular weight is 527 g/mol. The molecule has 8 fully saturated rings. The predicted molar refractivity (Wildman–Crippen MR) is 122 cm³/mol. The van der Waals surface area contributed by atoms with E-state index in [9.17, 15) is 24.3 Å². The van der Waals surface area contributed by atoms with Crippen molar-refractivity contribution in [3.05, 3.63) is 12.2 Å². The van der Waals surface area contributed by atoms with Crippen LogP contribution in [0.25, 0.3) is 0 Å². The molecule has 0 aromatic carbocycles. The first-order chi connectivity index (χ1) is 17.9. The molecule has 6 aliphatic heterocycles. The van der Waals surface area contributed by atoms with Crippen molar-refractivity contribution >= 4 is 23.5 Å². The van der Waals surface area contributed by atoms with Crippen molar-refractivity contribution in [1.29, 1.82) is 0 Å². The molecule has 6 heterocycles. The van der Waals surface area contributed by atoms with Crippen LogP contribution in [-0.2, 0) is 42.9 Å². The van der Waals surface area contributed by atoms with E-state index in [0.29, 0.717) is 12.8 Å². The lowest BCUT2D eigenvalue weighted by Crippen LogP contribution is -2.79. The Morgan fingerprint density at radius 1 is 1.05 bits per heavy atom. The van der Waals surface area contributed by atoms with Crippen LogP contribution in [0.4, 0.5) is 0 Å². The van der Waals surface area contributed by atoms with Crippen LogP contribution >= 0.6 is 0 Å². The molecule has 202 valence electrons. The summed E-state index contributed by atoms with van der Waals surface area (Å²) >= 11 is 0. The highest BCUT2D eigenvalue weighted by Gasteiger charge is 2.94. The van der Waals surface area contributed by atoms with Gasteiger partial charge in [0.25, 0.3) is 0 Å². The van der Waals surface area contributed by atoms with Crippen molar-refractivity contribution in [3.63, 3.8) is 0 Å². The van der Waals surface area contributed by atoms with E-state index in [2.05, 4.69) is 0 Å². The fraction of sp³-hybridized carbons (Fsp3) is 0.786. The third-order valence-corrected chi connectivity index (χ3v) is 12.9. The number of hydrogen-bond donors (Lipinski definition) is 1. The summed E-state index contributed by atoms with van der Waals surface area (Å²) in [6.45, 7) is 5.27. The van der Waals surface area contributed by atoms with Crippen molar-refractivity contribution in [2.75, 3.05) is 6.61 Å². The van der Waals surface area contributed by atoms with Gasteiger partial charge in [-0.1, -0.05) is 13.0 Å². The molecule has 10 heteroatoms. The van der Waals surface area contributed by atoms with E-state index in [1.165, 1.54) is 0 Å². The van der Waals surface area contributed by atoms with Gasteiger partial charge in [0.15, 0.2) is 28.4 Å². The van der Waals surface area contributed by atoms with Gasteiger partial charge in [0, 0.05) is 5.92 Å². The second-order valence-electron chi connectivity index (χ2n) is 13.8. The molecule has 3 aliphatic carbocycles. The number of carbonyl (C=O) groups is 4. The molecule has 9 aliphatic rings. The normalized spacial score (nSPS) is 64.1. The largest absolute Gasteiger partial charge is 0.458 e. The third kappa shape index (κ3) is 1.79. The summed E-state index contributed by atoms with van der Waals surface area (Å²) in [5, 5.41) is 12.4. The van der Waals surface area contributed by atoms with Gasteiger partial charge in [0.1, 0.15) is 11.7 Å². The molecular formula is C28H30O10. The minimum atomic E-state index is -2.19. The number of ether oxygens (including phenoxy) is 5. The van der Waals surface area contributed by atoms with Crippen LogP contribution in [0, 0.1) is 34.5 Å². The fourth-order valence-corrected chi connectivity index (χ4v) is 10.9. The third-order valence-electron chi connectivity index (χ3n) is 12.9. The molecule has 9 rings (SSSR count). The van der Waals surface area contributed by atoms with Crippen LogP contribution in [0.3, 0.4) is 0 Å². The van der Waals surface area contributed by atoms with Gasteiger partial charge in [0.05, 0.1) is 30.0 Å². The van der Waals surface area contributed by atoms with Gasteiger partial charge in [-0.15, -0.1) is 0 Å². The molecule has 0 aromatic rings. The Kier molecular flexibility index (Phi) is 3.47. The van der Waals surface area contributed by atoms with Gasteiger partial charge >= 0.3 is 11.9 Å². The van der Waals surface area contributed by atoms with Crippen LogP contribution in [0.5, 0.6) is 0 Å². The van der Waals surface area contributed by atoms with Crippen molar-refractivity contribution in [2.24, 2.45) is 34.5 Å². The maximum Gasteiger partial charge on any atom is 0.342 e. The van der Waals surface area contributed by atoms with Gasteiger partial charge in [-0.25, -0.2) is 4.79 Å². The first-order valence-corrected chi connectivity index (χ1v) is 13.8. The standard InChI is InChI=1S/C28H30O10/c1-22-10-17-24(3)28-18(22)19(30)27(38-28,34-11-14(22)20(31)35-17)13-9-16-26(36-16)7-4-5-15(29)23(26,2)12(13)6-8-25(28,33)21(32)37-24/h4-5,12-14,16-18,33H,6-11H2,1-3H3/t12-,13+,14+,16-,17+,18-,22+,23-,24-,25+,26-,27-,28-/m0/s1. The highest BCUT2D eigenvalue weighted by molar-refractivity contribution is 6.00. The maximum atomic E-state index is 14.9. The summed E-state index contributed by atoms with van der Waals surface area (Å²) in [6.07, 6.45) is 3.82. The van der Waals surface area contributed by atoms with E-state index in [1.54, 1.807) is 13.0 Å². The first-order valence-electron chi connectivity index (χ1n) is 13.8. The van der Waals surface area contributed by atoms with E-state index in [1.807, 2.05) is 19.9 Å². The molecule has 0 unspecified atom stereocenters. The topological polar surface area (TPSA) is 138 Å². The molecule has 0 aromatic heterocycles. The zero-order valence-corrected chi connectivity index (χ0v) is 21.5. The Morgan fingerprint density at radius 3 is 2.63 bits per heavy atom. The fourth-order valence-electron chi connectivity index (χ4n) is 10.9. The highest BCUT2D eigenvalue weighted by atomic mass is 16.8. The molecule has 6 saturated heterocycles. The number of Topliss-reactive ketones (excluding diaryl/α,β-unsaturated/α-hetero) is 1. The summed E-state index contributed by atoms with van der Waals surface area (Å²) < 4.78 is 31.5.